The number of carbonyl (C=O) groups is 1. The number of aromatic amines is 1. The maximum atomic E-state index is 12.3. The summed E-state index contributed by atoms with van der Waals surface area (Å²) in [6, 6.07) is 13.5. The molecule has 0 saturated carbocycles. The molecular formula is C19H20N6O. The van der Waals surface area contributed by atoms with Crippen LogP contribution in [-0.2, 0) is 6.54 Å². The Hall–Kier alpha value is -3.22. The molecule has 2 aromatic heterocycles. The summed E-state index contributed by atoms with van der Waals surface area (Å²) in [4.78, 5) is 14.5. The number of aromatic nitrogens is 4. The molecule has 1 aliphatic rings. The number of H-pyrrole nitrogens is 1. The predicted molar refractivity (Wildman–Crippen MR) is 98.7 cm³/mol. The van der Waals surface area contributed by atoms with Gasteiger partial charge in [-0.1, -0.05) is 24.3 Å². The average molecular weight is 348 g/mol. The number of anilines is 1. The average Bonchev–Trinajstić information content (AvgIpc) is 3.40. The standard InChI is InChI=1S/C19H20N6O/c26-19(17-7-8-18(24-23-17)25-11-1-2-12-25)20-13-14-3-5-15(6-4-14)16-9-10-21-22-16/h3-10H,1-2,11-13H2,(H,20,26)(H,21,22). The summed E-state index contributed by atoms with van der Waals surface area (Å²) >= 11 is 0. The quantitative estimate of drug-likeness (QED) is 0.739. The molecule has 3 aromatic rings. The number of hydrogen-bond acceptors (Lipinski definition) is 5. The first-order valence-corrected chi connectivity index (χ1v) is 8.75. The van der Waals surface area contributed by atoms with Crippen LogP contribution in [0.25, 0.3) is 11.3 Å². The van der Waals surface area contributed by atoms with Crippen LogP contribution in [0.15, 0.2) is 48.7 Å². The van der Waals surface area contributed by atoms with Gasteiger partial charge < -0.3 is 10.2 Å². The first kappa shape index (κ1) is 16.3. The first-order chi connectivity index (χ1) is 12.8. The lowest BCUT2D eigenvalue weighted by Gasteiger charge is -2.15. The van der Waals surface area contributed by atoms with Crippen molar-refractivity contribution in [2.24, 2.45) is 0 Å². The van der Waals surface area contributed by atoms with Crippen LogP contribution in [0, 0.1) is 0 Å². The number of carbonyl (C=O) groups excluding carboxylic acids is 1. The SMILES string of the molecule is O=C(NCc1ccc(-c2ccn[nH]2)cc1)c1ccc(N2CCCC2)nn1. The van der Waals surface area contributed by atoms with Gasteiger partial charge in [-0.3, -0.25) is 9.89 Å². The number of amides is 1. The minimum Gasteiger partial charge on any atom is -0.355 e. The van der Waals surface area contributed by atoms with Crippen molar-refractivity contribution in [3.05, 3.63) is 59.9 Å². The number of benzene rings is 1. The number of hydrogen-bond donors (Lipinski definition) is 2. The van der Waals surface area contributed by atoms with Crippen molar-refractivity contribution in [2.75, 3.05) is 18.0 Å². The largest absolute Gasteiger partial charge is 0.355 e. The number of nitrogens with one attached hydrogen (secondary N) is 2. The maximum Gasteiger partial charge on any atom is 0.272 e. The fraction of sp³-hybridized carbons (Fsp3) is 0.263. The van der Waals surface area contributed by atoms with E-state index in [0.717, 1.165) is 35.7 Å². The van der Waals surface area contributed by atoms with Crippen LogP contribution in [0.1, 0.15) is 28.9 Å². The Balaban J connectivity index is 1.34. The second-order valence-corrected chi connectivity index (χ2v) is 6.32. The highest BCUT2D eigenvalue weighted by Crippen LogP contribution is 2.17. The van der Waals surface area contributed by atoms with E-state index in [1.807, 2.05) is 36.4 Å². The molecule has 1 aliphatic heterocycles. The van der Waals surface area contributed by atoms with E-state index in [1.54, 1.807) is 12.3 Å². The minimum atomic E-state index is -0.219. The van der Waals surface area contributed by atoms with Crippen LogP contribution in [0.3, 0.4) is 0 Å². The molecule has 1 aromatic carbocycles. The van der Waals surface area contributed by atoms with Gasteiger partial charge in [-0.25, -0.2) is 0 Å². The Morgan fingerprint density at radius 2 is 1.85 bits per heavy atom. The third kappa shape index (κ3) is 3.56. The Labute approximate surface area is 151 Å². The molecule has 1 amide bonds. The van der Waals surface area contributed by atoms with Crippen LogP contribution in [0.2, 0.25) is 0 Å². The fourth-order valence-electron chi connectivity index (χ4n) is 3.05. The summed E-state index contributed by atoms with van der Waals surface area (Å²) in [5.41, 5.74) is 3.38. The van der Waals surface area contributed by atoms with Gasteiger partial charge in [0.05, 0.1) is 5.69 Å². The first-order valence-electron chi connectivity index (χ1n) is 8.75. The highest BCUT2D eigenvalue weighted by atomic mass is 16.1. The zero-order valence-corrected chi connectivity index (χ0v) is 14.4. The monoisotopic (exact) mass is 348 g/mol. The van der Waals surface area contributed by atoms with Crippen molar-refractivity contribution in [3.8, 4) is 11.3 Å². The lowest BCUT2D eigenvalue weighted by molar-refractivity contribution is 0.0945. The second kappa shape index (κ2) is 7.35. The van der Waals surface area contributed by atoms with Gasteiger partial charge in [0.15, 0.2) is 11.5 Å². The molecule has 2 N–H and O–H groups in total. The minimum absolute atomic E-state index is 0.219. The molecule has 0 aliphatic carbocycles. The molecule has 0 atom stereocenters. The molecule has 7 heteroatoms. The summed E-state index contributed by atoms with van der Waals surface area (Å²) in [7, 11) is 0. The molecular weight excluding hydrogens is 328 g/mol. The summed E-state index contributed by atoms with van der Waals surface area (Å²) < 4.78 is 0. The van der Waals surface area contributed by atoms with Crippen LogP contribution in [0.4, 0.5) is 5.82 Å². The van der Waals surface area contributed by atoms with Crippen molar-refractivity contribution < 1.29 is 4.79 Å². The zero-order chi connectivity index (χ0) is 17.8. The lowest BCUT2D eigenvalue weighted by Crippen LogP contribution is -2.25. The summed E-state index contributed by atoms with van der Waals surface area (Å²) in [6.45, 7) is 2.46. The van der Waals surface area contributed by atoms with E-state index in [0.29, 0.717) is 12.2 Å². The molecule has 26 heavy (non-hydrogen) atoms. The molecule has 0 radical (unpaired) electrons. The molecule has 0 bridgehead atoms. The van der Waals surface area contributed by atoms with Gasteiger partial charge in [-0.05, 0) is 42.2 Å². The van der Waals surface area contributed by atoms with E-state index in [9.17, 15) is 4.79 Å². The molecule has 1 fully saturated rings. The predicted octanol–water partition coefficient (Wildman–Crippen LogP) is 2.40. The van der Waals surface area contributed by atoms with Gasteiger partial charge in [-0.15, -0.1) is 10.2 Å². The molecule has 7 nitrogen and oxygen atoms in total. The topological polar surface area (TPSA) is 86.8 Å². The molecule has 3 heterocycles. The van der Waals surface area contributed by atoms with E-state index in [4.69, 9.17) is 0 Å². The molecule has 132 valence electrons. The molecule has 1 saturated heterocycles. The smallest absolute Gasteiger partial charge is 0.272 e. The van der Waals surface area contributed by atoms with E-state index in [1.165, 1.54) is 12.8 Å². The van der Waals surface area contributed by atoms with Crippen LogP contribution >= 0.6 is 0 Å². The van der Waals surface area contributed by atoms with Crippen molar-refractivity contribution in [2.45, 2.75) is 19.4 Å². The third-order valence-electron chi connectivity index (χ3n) is 4.53. The molecule has 4 rings (SSSR count). The van der Waals surface area contributed by atoms with Crippen molar-refractivity contribution in [1.82, 2.24) is 25.7 Å². The van der Waals surface area contributed by atoms with Crippen molar-refractivity contribution in [1.29, 1.82) is 0 Å². The Kier molecular flexibility index (Phi) is 4.59. The van der Waals surface area contributed by atoms with Gasteiger partial charge in [0.1, 0.15) is 0 Å². The number of nitrogens with zero attached hydrogens (tertiary/aromatic N) is 4. The van der Waals surface area contributed by atoms with Crippen LogP contribution in [0.5, 0.6) is 0 Å². The van der Waals surface area contributed by atoms with Gasteiger partial charge in [0, 0.05) is 25.8 Å². The van der Waals surface area contributed by atoms with Crippen molar-refractivity contribution >= 4 is 11.7 Å². The molecule has 0 unspecified atom stereocenters. The highest BCUT2D eigenvalue weighted by molar-refractivity contribution is 5.92. The Morgan fingerprint density at radius 1 is 1.04 bits per heavy atom. The van der Waals surface area contributed by atoms with Crippen LogP contribution < -0.4 is 10.2 Å². The van der Waals surface area contributed by atoms with Gasteiger partial charge in [0.25, 0.3) is 5.91 Å². The lowest BCUT2D eigenvalue weighted by atomic mass is 10.1. The fourth-order valence-corrected chi connectivity index (χ4v) is 3.05. The Bertz CT molecular complexity index is 852. The van der Waals surface area contributed by atoms with Crippen LogP contribution in [-0.4, -0.2) is 39.4 Å². The highest BCUT2D eigenvalue weighted by Gasteiger charge is 2.15. The van der Waals surface area contributed by atoms with Gasteiger partial charge >= 0.3 is 0 Å². The summed E-state index contributed by atoms with van der Waals surface area (Å²) in [5.74, 6) is 0.622. The summed E-state index contributed by atoms with van der Waals surface area (Å²) in [6.07, 6.45) is 4.09. The van der Waals surface area contributed by atoms with E-state index in [2.05, 4.69) is 30.6 Å². The van der Waals surface area contributed by atoms with Gasteiger partial charge in [-0.2, -0.15) is 5.10 Å². The Morgan fingerprint density at radius 3 is 2.50 bits per heavy atom. The molecule has 0 spiro atoms. The summed E-state index contributed by atoms with van der Waals surface area (Å²) in [5, 5.41) is 18.0. The maximum absolute atomic E-state index is 12.3. The van der Waals surface area contributed by atoms with Crippen molar-refractivity contribution in [3.63, 3.8) is 0 Å². The second-order valence-electron chi connectivity index (χ2n) is 6.32. The number of rotatable bonds is 5. The van der Waals surface area contributed by atoms with E-state index < -0.39 is 0 Å². The third-order valence-corrected chi connectivity index (χ3v) is 4.53. The van der Waals surface area contributed by atoms with E-state index >= 15 is 0 Å². The normalized spacial score (nSPS) is 13.8. The van der Waals surface area contributed by atoms with Gasteiger partial charge in [0.2, 0.25) is 0 Å². The zero-order valence-electron chi connectivity index (χ0n) is 14.4. The van der Waals surface area contributed by atoms with E-state index in [-0.39, 0.29) is 5.91 Å².